The summed E-state index contributed by atoms with van der Waals surface area (Å²) in [4.78, 5) is 19.3. The number of benzene rings is 2. The van der Waals surface area contributed by atoms with Crippen molar-refractivity contribution >= 4 is 27.5 Å². The van der Waals surface area contributed by atoms with Crippen LogP contribution in [0.1, 0.15) is 5.56 Å². The molecule has 1 aliphatic heterocycles. The molecule has 1 amide bonds. The molecule has 1 aliphatic rings. The van der Waals surface area contributed by atoms with Crippen LogP contribution in [0.25, 0.3) is 0 Å². The third kappa shape index (κ3) is 4.84. The Bertz CT molecular complexity index is 743. The molecule has 0 spiro atoms. The average molecular weight is 418 g/mol. The summed E-state index contributed by atoms with van der Waals surface area (Å²) >= 11 is 3.44. The molecule has 1 fully saturated rings. The lowest BCUT2D eigenvalue weighted by atomic mass is 10.1. The number of para-hydroxylation sites is 1. The maximum atomic E-state index is 13.1. The second-order valence-corrected chi connectivity index (χ2v) is 7.58. The summed E-state index contributed by atoms with van der Waals surface area (Å²) in [5.74, 6) is 0.252. The molecule has 0 aliphatic carbocycles. The van der Waals surface area contributed by atoms with Crippen LogP contribution in [-0.4, -0.2) is 60.6 Å². The van der Waals surface area contributed by atoms with E-state index in [4.69, 9.17) is 0 Å². The van der Waals surface area contributed by atoms with Crippen molar-refractivity contribution in [3.8, 4) is 5.75 Å². The van der Waals surface area contributed by atoms with Gasteiger partial charge < -0.3 is 14.9 Å². The first-order valence-electron chi connectivity index (χ1n) is 8.76. The molecule has 1 saturated heterocycles. The van der Waals surface area contributed by atoms with Crippen molar-refractivity contribution in [1.82, 2.24) is 9.80 Å². The fraction of sp³-hybridized carbons (Fsp3) is 0.350. The Morgan fingerprint density at radius 3 is 2.38 bits per heavy atom. The number of amides is 1. The van der Waals surface area contributed by atoms with Gasteiger partial charge in [0, 0.05) is 41.9 Å². The van der Waals surface area contributed by atoms with E-state index in [0.29, 0.717) is 13.1 Å². The number of carbonyl (C=O) groups is 1. The molecule has 6 heteroatoms. The van der Waals surface area contributed by atoms with Crippen molar-refractivity contribution in [2.24, 2.45) is 0 Å². The highest BCUT2D eigenvalue weighted by molar-refractivity contribution is 9.10. The van der Waals surface area contributed by atoms with Crippen LogP contribution < -0.4 is 4.90 Å². The molecular formula is C20H24BrN3O2. The summed E-state index contributed by atoms with van der Waals surface area (Å²) in [7, 11) is 2.10. The lowest BCUT2D eigenvalue weighted by Crippen LogP contribution is -2.48. The zero-order valence-corrected chi connectivity index (χ0v) is 16.5. The highest BCUT2D eigenvalue weighted by Crippen LogP contribution is 2.24. The van der Waals surface area contributed by atoms with Crippen LogP contribution in [0.2, 0.25) is 0 Å². The van der Waals surface area contributed by atoms with Crippen molar-refractivity contribution in [1.29, 1.82) is 0 Å². The van der Waals surface area contributed by atoms with Gasteiger partial charge in [0.1, 0.15) is 5.75 Å². The minimum atomic E-state index is 0.0418. The molecule has 138 valence electrons. The third-order valence-electron chi connectivity index (χ3n) is 4.71. The molecule has 0 aromatic heterocycles. The van der Waals surface area contributed by atoms with Crippen LogP contribution in [0.5, 0.6) is 5.75 Å². The molecule has 26 heavy (non-hydrogen) atoms. The van der Waals surface area contributed by atoms with Gasteiger partial charge in [-0.3, -0.25) is 9.69 Å². The van der Waals surface area contributed by atoms with E-state index in [1.807, 2.05) is 36.4 Å². The van der Waals surface area contributed by atoms with Gasteiger partial charge >= 0.3 is 0 Å². The number of rotatable bonds is 5. The molecule has 2 aromatic carbocycles. The summed E-state index contributed by atoms with van der Waals surface area (Å²) < 4.78 is 0.968. The number of halogens is 1. The van der Waals surface area contributed by atoms with Crippen molar-refractivity contribution in [2.75, 3.05) is 44.7 Å². The summed E-state index contributed by atoms with van der Waals surface area (Å²) in [6, 6.07) is 14.9. The number of phenolic OH excluding ortho intramolecular Hbond substituents is 1. The molecular weight excluding hydrogens is 394 g/mol. The maximum absolute atomic E-state index is 13.1. The first-order chi connectivity index (χ1) is 12.5. The molecule has 1 heterocycles. The summed E-state index contributed by atoms with van der Waals surface area (Å²) in [6.45, 7) is 4.48. The van der Waals surface area contributed by atoms with Crippen LogP contribution in [0, 0.1) is 0 Å². The standard InChI is InChI=1S/C20H24BrN3O2/c1-22-10-12-23(13-11-22)15-20(26)24(18-8-6-17(21)7-9-18)14-16-4-2-3-5-19(16)25/h2-9,25H,10-15H2,1H3. The van der Waals surface area contributed by atoms with Crippen molar-refractivity contribution in [3.63, 3.8) is 0 Å². The Balaban J connectivity index is 1.79. The van der Waals surface area contributed by atoms with Crippen LogP contribution in [0.4, 0.5) is 5.69 Å². The summed E-state index contributed by atoms with van der Waals surface area (Å²) in [5, 5.41) is 10.1. The lowest BCUT2D eigenvalue weighted by Gasteiger charge is -2.33. The molecule has 0 radical (unpaired) electrons. The van der Waals surface area contributed by atoms with Gasteiger partial charge in [-0.25, -0.2) is 0 Å². The Kier molecular flexibility index (Phi) is 6.29. The van der Waals surface area contributed by atoms with E-state index in [9.17, 15) is 9.90 Å². The zero-order valence-electron chi connectivity index (χ0n) is 14.9. The number of phenols is 1. The lowest BCUT2D eigenvalue weighted by molar-refractivity contribution is -0.120. The van der Waals surface area contributed by atoms with Gasteiger partial charge in [-0.2, -0.15) is 0 Å². The van der Waals surface area contributed by atoms with Gasteiger partial charge in [-0.15, -0.1) is 0 Å². The number of likely N-dealkylation sites (N-methyl/N-ethyl adjacent to an activating group) is 1. The molecule has 2 aromatic rings. The molecule has 1 N–H and O–H groups in total. The predicted molar refractivity (Wildman–Crippen MR) is 107 cm³/mol. The second-order valence-electron chi connectivity index (χ2n) is 6.66. The summed E-state index contributed by atoms with van der Waals surface area (Å²) in [6.07, 6.45) is 0. The average Bonchev–Trinajstić information content (AvgIpc) is 2.64. The van der Waals surface area contributed by atoms with E-state index in [0.717, 1.165) is 41.9 Å². The number of anilines is 1. The van der Waals surface area contributed by atoms with E-state index in [1.165, 1.54) is 0 Å². The smallest absolute Gasteiger partial charge is 0.241 e. The van der Waals surface area contributed by atoms with Gasteiger partial charge in [0.05, 0.1) is 13.1 Å². The topological polar surface area (TPSA) is 47.0 Å². The number of piperazine rings is 1. The largest absolute Gasteiger partial charge is 0.508 e. The normalized spacial score (nSPS) is 15.8. The SMILES string of the molecule is CN1CCN(CC(=O)N(Cc2ccccc2O)c2ccc(Br)cc2)CC1. The van der Waals surface area contributed by atoms with Gasteiger partial charge in [0.15, 0.2) is 0 Å². The van der Waals surface area contributed by atoms with E-state index in [-0.39, 0.29) is 11.7 Å². The minimum Gasteiger partial charge on any atom is -0.508 e. The van der Waals surface area contributed by atoms with E-state index >= 15 is 0 Å². The Morgan fingerprint density at radius 1 is 1.08 bits per heavy atom. The maximum Gasteiger partial charge on any atom is 0.241 e. The van der Waals surface area contributed by atoms with Gasteiger partial charge in [-0.1, -0.05) is 34.1 Å². The number of aromatic hydroxyl groups is 1. The minimum absolute atomic E-state index is 0.0418. The Hall–Kier alpha value is -1.89. The van der Waals surface area contributed by atoms with E-state index < -0.39 is 0 Å². The number of nitrogens with zero attached hydrogens (tertiary/aromatic N) is 3. The van der Waals surface area contributed by atoms with Crippen LogP contribution in [-0.2, 0) is 11.3 Å². The molecule has 3 rings (SSSR count). The summed E-state index contributed by atoms with van der Waals surface area (Å²) in [5.41, 5.74) is 1.57. The second kappa shape index (κ2) is 8.66. The molecule has 0 bridgehead atoms. The molecule has 5 nitrogen and oxygen atoms in total. The fourth-order valence-electron chi connectivity index (χ4n) is 3.04. The molecule has 0 unspecified atom stereocenters. The van der Waals surface area contributed by atoms with Crippen molar-refractivity contribution in [2.45, 2.75) is 6.54 Å². The Labute approximate surface area is 163 Å². The van der Waals surface area contributed by atoms with Gasteiger partial charge in [-0.05, 0) is 37.4 Å². The van der Waals surface area contributed by atoms with E-state index in [2.05, 4.69) is 32.8 Å². The van der Waals surface area contributed by atoms with E-state index in [1.54, 1.807) is 17.0 Å². The van der Waals surface area contributed by atoms with Crippen LogP contribution >= 0.6 is 15.9 Å². The number of hydrogen-bond acceptors (Lipinski definition) is 4. The monoisotopic (exact) mass is 417 g/mol. The number of hydrogen-bond donors (Lipinski definition) is 1. The predicted octanol–water partition coefficient (Wildman–Crippen LogP) is 2.94. The highest BCUT2D eigenvalue weighted by Gasteiger charge is 2.22. The van der Waals surface area contributed by atoms with Gasteiger partial charge in [0.2, 0.25) is 5.91 Å². The van der Waals surface area contributed by atoms with Crippen LogP contribution in [0.15, 0.2) is 53.0 Å². The molecule has 0 saturated carbocycles. The third-order valence-corrected chi connectivity index (χ3v) is 5.24. The number of carbonyl (C=O) groups excluding carboxylic acids is 1. The fourth-order valence-corrected chi connectivity index (χ4v) is 3.31. The highest BCUT2D eigenvalue weighted by atomic mass is 79.9. The first-order valence-corrected chi connectivity index (χ1v) is 9.56. The zero-order chi connectivity index (χ0) is 18.5. The van der Waals surface area contributed by atoms with Crippen molar-refractivity contribution in [3.05, 3.63) is 58.6 Å². The van der Waals surface area contributed by atoms with Gasteiger partial charge in [0.25, 0.3) is 0 Å². The molecule has 0 atom stereocenters. The quantitative estimate of drug-likeness (QED) is 0.812. The van der Waals surface area contributed by atoms with Crippen LogP contribution in [0.3, 0.4) is 0 Å². The first kappa shape index (κ1) is 18.9. The Morgan fingerprint density at radius 2 is 1.73 bits per heavy atom. The van der Waals surface area contributed by atoms with Crippen molar-refractivity contribution < 1.29 is 9.90 Å².